The Hall–Kier alpha value is -3.26. The van der Waals surface area contributed by atoms with Gasteiger partial charge in [-0.25, -0.2) is 14.9 Å². The molecule has 8 heteroatoms. The van der Waals surface area contributed by atoms with Crippen LogP contribution >= 0.6 is 0 Å². The molecule has 0 aliphatic carbocycles. The van der Waals surface area contributed by atoms with Crippen LogP contribution in [0.25, 0.3) is 10.9 Å². The van der Waals surface area contributed by atoms with Crippen LogP contribution in [0.3, 0.4) is 0 Å². The molecule has 0 atom stereocenters. The largest absolute Gasteiger partial charge is 0.359 e. The Morgan fingerprint density at radius 1 is 1.29 bits per heavy atom. The maximum absolute atomic E-state index is 13.2. The fourth-order valence-corrected chi connectivity index (χ4v) is 2.90. The summed E-state index contributed by atoms with van der Waals surface area (Å²) in [6.07, 6.45) is 3.10. The Morgan fingerprint density at radius 2 is 2.00 bits per heavy atom. The van der Waals surface area contributed by atoms with Gasteiger partial charge in [-0.2, -0.15) is 0 Å². The number of hydrogen-bond donors (Lipinski definition) is 2. The summed E-state index contributed by atoms with van der Waals surface area (Å²) in [7, 11) is 1.33. The molecule has 146 valence electrons. The van der Waals surface area contributed by atoms with E-state index in [9.17, 15) is 14.0 Å². The van der Waals surface area contributed by atoms with Crippen LogP contribution < -0.4 is 5.48 Å². The number of nitrogens with one attached hydrogen (secondary N) is 2. The number of H-pyrrole nitrogens is 1. The summed E-state index contributed by atoms with van der Waals surface area (Å²) in [5, 5.41) is 0.589. The van der Waals surface area contributed by atoms with Crippen LogP contribution in [0.15, 0.2) is 42.7 Å². The number of fused-ring (bicyclic) bond motifs is 1. The molecule has 3 aromatic rings. The lowest BCUT2D eigenvalue weighted by Crippen LogP contribution is -2.36. The topological polar surface area (TPSA) is 87.3 Å². The molecule has 0 aliphatic rings. The van der Waals surface area contributed by atoms with Crippen LogP contribution in [0.2, 0.25) is 0 Å². The summed E-state index contributed by atoms with van der Waals surface area (Å²) in [6.45, 7) is 4.16. The smallest absolute Gasteiger partial charge is 0.293 e. The highest BCUT2D eigenvalue weighted by atomic mass is 19.1. The minimum absolute atomic E-state index is 0.0828. The number of carbonyl (C=O) groups is 2. The van der Waals surface area contributed by atoms with Crippen LogP contribution in [0, 0.1) is 5.82 Å². The third-order valence-electron chi connectivity index (χ3n) is 4.37. The number of benzene rings is 1. The van der Waals surface area contributed by atoms with E-state index in [1.807, 2.05) is 13.8 Å². The molecular formula is C20H21FN4O3. The number of aromatic nitrogens is 2. The van der Waals surface area contributed by atoms with Gasteiger partial charge in [-0.15, -0.1) is 0 Å². The van der Waals surface area contributed by atoms with Crippen molar-refractivity contribution in [3.8, 4) is 0 Å². The van der Waals surface area contributed by atoms with Crippen molar-refractivity contribution in [1.29, 1.82) is 0 Å². The van der Waals surface area contributed by atoms with Gasteiger partial charge in [0.05, 0.1) is 24.4 Å². The van der Waals surface area contributed by atoms with Crippen molar-refractivity contribution < 1.29 is 18.8 Å². The van der Waals surface area contributed by atoms with E-state index in [2.05, 4.69) is 20.3 Å². The zero-order valence-electron chi connectivity index (χ0n) is 15.8. The number of pyridine rings is 1. The summed E-state index contributed by atoms with van der Waals surface area (Å²) in [5.74, 6) is -1.02. The summed E-state index contributed by atoms with van der Waals surface area (Å²) in [5.41, 5.74) is 4.24. The second kappa shape index (κ2) is 8.18. The highest BCUT2D eigenvalue weighted by Gasteiger charge is 2.23. The Labute approximate surface area is 161 Å². The van der Waals surface area contributed by atoms with Gasteiger partial charge in [0.1, 0.15) is 11.5 Å². The minimum atomic E-state index is -0.504. The Kier molecular flexibility index (Phi) is 5.70. The Morgan fingerprint density at radius 3 is 2.64 bits per heavy atom. The maximum atomic E-state index is 13.2. The molecule has 3 rings (SSSR count). The summed E-state index contributed by atoms with van der Waals surface area (Å²) in [6, 6.07) is 7.52. The van der Waals surface area contributed by atoms with E-state index in [0.717, 1.165) is 5.56 Å². The minimum Gasteiger partial charge on any atom is -0.359 e. The molecule has 0 bridgehead atoms. The molecule has 2 N–H and O–H groups in total. The third-order valence-corrected chi connectivity index (χ3v) is 4.37. The van der Waals surface area contributed by atoms with Crippen molar-refractivity contribution in [2.45, 2.75) is 26.4 Å². The SMILES string of the molecule is CONC(=O)c1cc2c(C(=O)N(Cc3ccc(F)cc3)C(C)C)c[nH]c2cn1. The second-order valence-electron chi connectivity index (χ2n) is 6.61. The standard InChI is InChI=1S/C20H21FN4O3/c1-12(2)25(11-13-4-6-14(21)7-5-13)20(27)16-9-22-18-10-23-17(8-15(16)18)19(26)24-28-3/h4-10,12,22H,11H2,1-3H3,(H,24,26). The number of hydroxylamine groups is 1. The lowest BCUT2D eigenvalue weighted by Gasteiger charge is -2.27. The van der Waals surface area contributed by atoms with Crippen molar-refractivity contribution in [1.82, 2.24) is 20.3 Å². The van der Waals surface area contributed by atoms with Gasteiger partial charge < -0.3 is 9.88 Å². The summed E-state index contributed by atoms with van der Waals surface area (Å²) >= 11 is 0. The molecule has 0 saturated heterocycles. The monoisotopic (exact) mass is 384 g/mol. The van der Waals surface area contributed by atoms with E-state index < -0.39 is 5.91 Å². The molecule has 0 radical (unpaired) electrons. The third kappa shape index (κ3) is 4.01. The summed E-state index contributed by atoms with van der Waals surface area (Å²) in [4.78, 5) is 38.6. The molecule has 28 heavy (non-hydrogen) atoms. The van der Waals surface area contributed by atoms with Gasteiger partial charge in [0, 0.05) is 24.2 Å². The van der Waals surface area contributed by atoms with E-state index in [0.29, 0.717) is 23.0 Å². The lowest BCUT2D eigenvalue weighted by atomic mass is 10.1. The molecule has 0 fully saturated rings. The maximum Gasteiger partial charge on any atom is 0.293 e. The van der Waals surface area contributed by atoms with Crippen molar-refractivity contribution in [2.24, 2.45) is 0 Å². The number of nitrogens with zero attached hydrogens (tertiary/aromatic N) is 2. The summed E-state index contributed by atoms with van der Waals surface area (Å²) < 4.78 is 13.2. The first kappa shape index (κ1) is 19.5. The predicted molar refractivity (Wildman–Crippen MR) is 102 cm³/mol. The van der Waals surface area contributed by atoms with E-state index in [1.165, 1.54) is 25.4 Å². The van der Waals surface area contributed by atoms with E-state index in [4.69, 9.17) is 0 Å². The molecule has 7 nitrogen and oxygen atoms in total. The Bertz CT molecular complexity index is 998. The first-order chi connectivity index (χ1) is 13.4. The van der Waals surface area contributed by atoms with E-state index in [1.54, 1.807) is 29.3 Å². The van der Waals surface area contributed by atoms with E-state index >= 15 is 0 Å². The molecule has 2 amide bonds. The van der Waals surface area contributed by atoms with Gasteiger partial charge in [0.2, 0.25) is 0 Å². The van der Waals surface area contributed by atoms with Crippen LogP contribution in [0.5, 0.6) is 0 Å². The van der Waals surface area contributed by atoms with Crippen LogP contribution in [-0.4, -0.2) is 39.8 Å². The normalized spacial score (nSPS) is 11.0. The zero-order chi connectivity index (χ0) is 20.3. The van der Waals surface area contributed by atoms with E-state index in [-0.39, 0.29) is 23.5 Å². The van der Waals surface area contributed by atoms with Gasteiger partial charge in [0.25, 0.3) is 11.8 Å². The molecular weight excluding hydrogens is 363 g/mol. The first-order valence-electron chi connectivity index (χ1n) is 8.76. The van der Waals surface area contributed by atoms with Gasteiger partial charge in [-0.1, -0.05) is 12.1 Å². The van der Waals surface area contributed by atoms with Crippen LogP contribution in [-0.2, 0) is 11.4 Å². The average molecular weight is 384 g/mol. The number of aromatic amines is 1. The first-order valence-corrected chi connectivity index (χ1v) is 8.76. The van der Waals surface area contributed by atoms with Crippen molar-refractivity contribution in [3.05, 3.63) is 65.4 Å². The molecule has 0 saturated carbocycles. The number of carbonyl (C=O) groups excluding carboxylic acids is 2. The van der Waals surface area contributed by atoms with Crippen molar-refractivity contribution in [2.75, 3.05) is 7.11 Å². The number of amides is 2. The fourth-order valence-electron chi connectivity index (χ4n) is 2.90. The van der Waals surface area contributed by atoms with Gasteiger partial charge in [-0.3, -0.25) is 14.4 Å². The highest BCUT2D eigenvalue weighted by molar-refractivity contribution is 6.08. The Balaban J connectivity index is 1.94. The van der Waals surface area contributed by atoms with Crippen LogP contribution in [0.4, 0.5) is 4.39 Å². The number of hydrogen-bond acceptors (Lipinski definition) is 4. The fraction of sp³-hybridized carbons (Fsp3) is 0.250. The molecule has 2 aromatic heterocycles. The molecule has 1 aromatic carbocycles. The van der Waals surface area contributed by atoms with Gasteiger partial charge in [-0.05, 0) is 37.6 Å². The molecule has 0 unspecified atom stereocenters. The number of halogens is 1. The second-order valence-corrected chi connectivity index (χ2v) is 6.61. The predicted octanol–water partition coefficient (Wildman–Crippen LogP) is 3.04. The highest BCUT2D eigenvalue weighted by Crippen LogP contribution is 2.22. The number of rotatable bonds is 6. The van der Waals surface area contributed by atoms with Gasteiger partial charge in [0.15, 0.2) is 0 Å². The quantitative estimate of drug-likeness (QED) is 0.640. The average Bonchev–Trinajstić information content (AvgIpc) is 3.10. The lowest BCUT2D eigenvalue weighted by molar-refractivity contribution is 0.0532. The molecule has 2 heterocycles. The molecule has 0 spiro atoms. The van der Waals surface area contributed by atoms with Gasteiger partial charge >= 0.3 is 0 Å². The van der Waals surface area contributed by atoms with Crippen molar-refractivity contribution >= 4 is 22.7 Å². The molecule has 0 aliphatic heterocycles. The zero-order valence-corrected chi connectivity index (χ0v) is 15.8. The van der Waals surface area contributed by atoms with Crippen LogP contribution in [0.1, 0.15) is 40.3 Å². The van der Waals surface area contributed by atoms with Crippen molar-refractivity contribution in [3.63, 3.8) is 0 Å².